The second kappa shape index (κ2) is 3.85. The van der Waals surface area contributed by atoms with E-state index in [0.29, 0.717) is 5.92 Å². The third kappa shape index (κ3) is 1.47. The van der Waals surface area contributed by atoms with Gasteiger partial charge < -0.3 is 4.42 Å². The van der Waals surface area contributed by atoms with Gasteiger partial charge in [0.15, 0.2) is 0 Å². The van der Waals surface area contributed by atoms with Crippen molar-refractivity contribution in [1.29, 1.82) is 0 Å². The van der Waals surface area contributed by atoms with Gasteiger partial charge in [0.2, 0.25) is 0 Å². The minimum atomic E-state index is 0.675. The Morgan fingerprint density at radius 1 is 1.25 bits per heavy atom. The van der Waals surface area contributed by atoms with Gasteiger partial charge in [-0.3, -0.25) is 0 Å². The van der Waals surface area contributed by atoms with E-state index in [9.17, 15) is 0 Å². The molecule has 0 amide bonds. The molecule has 2 atom stereocenters. The molecule has 0 N–H and O–H groups in total. The van der Waals surface area contributed by atoms with E-state index in [1.165, 1.54) is 22.5 Å². The zero-order valence-electron chi connectivity index (χ0n) is 9.69. The molecule has 84 valence electrons. The normalized spacial score (nSPS) is 25.4. The highest BCUT2D eigenvalue weighted by Crippen LogP contribution is 2.42. The molecule has 1 nitrogen and oxygen atoms in total. The molecule has 0 bridgehead atoms. The van der Waals surface area contributed by atoms with Crippen molar-refractivity contribution in [2.24, 2.45) is 5.92 Å². The first-order chi connectivity index (χ1) is 7.77. The number of benzene rings is 1. The quantitative estimate of drug-likeness (QED) is 0.730. The lowest BCUT2D eigenvalue weighted by Gasteiger charge is -2.13. The van der Waals surface area contributed by atoms with Crippen LogP contribution in [0.1, 0.15) is 24.2 Å². The smallest absolute Gasteiger partial charge is 0.134 e. The fraction of sp³-hybridized carbons (Fsp3) is 0.429. The van der Waals surface area contributed by atoms with Gasteiger partial charge in [-0.05, 0) is 24.7 Å². The Hall–Kier alpha value is -0.890. The van der Waals surface area contributed by atoms with E-state index in [-0.39, 0.29) is 0 Å². The van der Waals surface area contributed by atoms with Crippen LogP contribution in [0.15, 0.2) is 28.7 Å². The van der Waals surface area contributed by atoms with Gasteiger partial charge in [-0.2, -0.15) is 11.8 Å². The number of rotatable bonds is 1. The molecule has 1 aliphatic rings. The lowest BCUT2D eigenvalue weighted by molar-refractivity contribution is 0.533. The largest absolute Gasteiger partial charge is 0.461 e. The molecule has 1 saturated heterocycles. The van der Waals surface area contributed by atoms with E-state index in [0.717, 1.165) is 17.3 Å². The molecule has 1 fully saturated rings. The van der Waals surface area contributed by atoms with Gasteiger partial charge in [-0.25, -0.2) is 0 Å². The molecule has 3 rings (SSSR count). The Balaban J connectivity index is 2.18. The zero-order valence-corrected chi connectivity index (χ0v) is 10.5. The maximum absolute atomic E-state index is 5.85. The van der Waals surface area contributed by atoms with Crippen molar-refractivity contribution in [2.45, 2.75) is 19.8 Å². The molecule has 0 saturated carbocycles. The Morgan fingerprint density at radius 2 is 2.06 bits per heavy atom. The van der Waals surface area contributed by atoms with Crippen LogP contribution in [0.5, 0.6) is 0 Å². The Morgan fingerprint density at radius 3 is 2.81 bits per heavy atom. The second-order valence-electron chi connectivity index (χ2n) is 4.69. The van der Waals surface area contributed by atoms with Gasteiger partial charge in [0, 0.05) is 22.6 Å². The first kappa shape index (κ1) is 10.3. The fourth-order valence-corrected chi connectivity index (χ4v) is 4.17. The van der Waals surface area contributed by atoms with E-state index in [4.69, 9.17) is 4.42 Å². The molecule has 0 spiro atoms. The molecule has 16 heavy (non-hydrogen) atoms. The summed E-state index contributed by atoms with van der Waals surface area (Å²) in [5.41, 5.74) is 2.49. The summed E-state index contributed by atoms with van der Waals surface area (Å²) in [5.74, 6) is 5.08. The minimum Gasteiger partial charge on any atom is -0.461 e. The van der Waals surface area contributed by atoms with E-state index in [1.807, 2.05) is 6.07 Å². The van der Waals surface area contributed by atoms with E-state index in [1.54, 1.807) is 0 Å². The number of para-hydroxylation sites is 1. The van der Waals surface area contributed by atoms with Crippen LogP contribution in [0.4, 0.5) is 0 Å². The van der Waals surface area contributed by atoms with Crippen molar-refractivity contribution in [3.05, 3.63) is 35.6 Å². The zero-order chi connectivity index (χ0) is 11.1. The predicted molar refractivity (Wildman–Crippen MR) is 70.2 cm³/mol. The third-order valence-electron chi connectivity index (χ3n) is 3.56. The molecule has 0 radical (unpaired) electrons. The lowest BCUT2D eigenvalue weighted by atomic mass is 9.88. The number of furan rings is 1. The van der Waals surface area contributed by atoms with Crippen LogP contribution >= 0.6 is 11.8 Å². The highest BCUT2D eigenvalue weighted by atomic mass is 32.2. The topological polar surface area (TPSA) is 13.1 Å². The highest BCUT2D eigenvalue weighted by molar-refractivity contribution is 7.99. The van der Waals surface area contributed by atoms with E-state index >= 15 is 0 Å². The molecular weight excluding hydrogens is 216 g/mol. The van der Waals surface area contributed by atoms with Crippen LogP contribution in [-0.4, -0.2) is 11.5 Å². The second-order valence-corrected chi connectivity index (χ2v) is 5.76. The first-order valence-electron chi connectivity index (χ1n) is 5.83. The molecule has 1 aliphatic heterocycles. The van der Waals surface area contributed by atoms with Crippen molar-refractivity contribution < 1.29 is 4.42 Å². The molecule has 2 aromatic rings. The summed E-state index contributed by atoms with van der Waals surface area (Å²) in [6, 6.07) is 8.41. The maximum atomic E-state index is 5.85. The number of hydrogen-bond donors (Lipinski definition) is 0. The van der Waals surface area contributed by atoms with Crippen molar-refractivity contribution in [3.8, 4) is 0 Å². The Kier molecular flexibility index (Phi) is 2.47. The summed E-state index contributed by atoms with van der Waals surface area (Å²) in [5, 5.41) is 1.32. The Labute approximate surface area is 100 Å². The average Bonchev–Trinajstić information content (AvgIpc) is 2.81. The van der Waals surface area contributed by atoms with Crippen LogP contribution < -0.4 is 0 Å². The van der Waals surface area contributed by atoms with E-state index in [2.05, 4.69) is 43.8 Å². The molecule has 1 unspecified atom stereocenters. The molecular formula is C14H16OS. The molecule has 1 aromatic carbocycles. The molecule has 2 heterocycles. The van der Waals surface area contributed by atoms with Crippen LogP contribution in [0, 0.1) is 12.8 Å². The van der Waals surface area contributed by atoms with Gasteiger partial charge in [0.05, 0.1) is 0 Å². The summed E-state index contributed by atoms with van der Waals surface area (Å²) in [7, 11) is 0. The van der Waals surface area contributed by atoms with Crippen LogP contribution in [0.3, 0.4) is 0 Å². The van der Waals surface area contributed by atoms with Crippen LogP contribution in [-0.2, 0) is 0 Å². The monoisotopic (exact) mass is 232 g/mol. The number of aryl methyl sites for hydroxylation is 1. The average molecular weight is 232 g/mol. The van der Waals surface area contributed by atoms with Crippen molar-refractivity contribution >= 4 is 22.7 Å². The van der Waals surface area contributed by atoms with E-state index < -0.39 is 0 Å². The van der Waals surface area contributed by atoms with Crippen molar-refractivity contribution in [3.63, 3.8) is 0 Å². The predicted octanol–water partition coefficient (Wildman–Crippen LogP) is 4.21. The van der Waals surface area contributed by atoms with Gasteiger partial charge in [0.1, 0.15) is 11.3 Å². The molecule has 2 heteroatoms. The van der Waals surface area contributed by atoms with Crippen LogP contribution in [0.2, 0.25) is 0 Å². The number of thioether (sulfide) groups is 1. The summed E-state index contributed by atoms with van der Waals surface area (Å²) in [6.45, 7) is 4.46. The third-order valence-corrected chi connectivity index (χ3v) is 4.91. The highest BCUT2D eigenvalue weighted by Gasteiger charge is 2.29. The minimum absolute atomic E-state index is 0.675. The molecule has 1 aromatic heterocycles. The van der Waals surface area contributed by atoms with Gasteiger partial charge in [-0.15, -0.1) is 0 Å². The standard InChI is InChI=1S/C14H16OS/c1-9-7-16-8-12(9)14-10(2)15-13-6-4-3-5-11(13)14/h3-6,9,12H,7-8H2,1-2H3/t9-,12?/m1/s1. The summed E-state index contributed by atoms with van der Waals surface area (Å²) < 4.78 is 5.85. The summed E-state index contributed by atoms with van der Waals surface area (Å²) >= 11 is 2.06. The van der Waals surface area contributed by atoms with Gasteiger partial charge in [-0.1, -0.05) is 25.1 Å². The van der Waals surface area contributed by atoms with Crippen LogP contribution in [0.25, 0.3) is 11.0 Å². The van der Waals surface area contributed by atoms with Crippen molar-refractivity contribution in [2.75, 3.05) is 11.5 Å². The SMILES string of the molecule is Cc1oc2ccccc2c1C1CSC[C@H]1C. The Bertz CT molecular complexity index is 514. The summed E-state index contributed by atoms with van der Waals surface area (Å²) in [6.07, 6.45) is 0. The summed E-state index contributed by atoms with van der Waals surface area (Å²) in [4.78, 5) is 0. The fourth-order valence-electron chi connectivity index (χ4n) is 2.68. The molecule has 0 aliphatic carbocycles. The number of hydrogen-bond acceptors (Lipinski definition) is 2. The first-order valence-corrected chi connectivity index (χ1v) is 6.98. The van der Waals surface area contributed by atoms with Gasteiger partial charge >= 0.3 is 0 Å². The number of fused-ring (bicyclic) bond motifs is 1. The maximum Gasteiger partial charge on any atom is 0.134 e. The van der Waals surface area contributed by atoms with Crippen molar-refractivity contribution in [1.82, 2.24) is 0 Å². The van der Waals surface area contributed by atoms with Gasteiger partial charge in [0.25, 0.3) is 0 Å². The lowest BCUT2D eigenvalue weighted by Crippen LogP contribution is -2.07.